The molecule has 0 saturated carbocycles. The van der Waals surface area contributed by atoms with E-state index >= 15 is 0 Å². The highest BCUT2D eigenvalue weighted by atomic mass is 19.4. The zero-order valence-corrected chi connectivity index (χ0v) is 9.53. The van der Waals surface area contributed by atoms with Crippen molar-refractivity contribution >= 4 is 0 Å². The molecule has 0 aliphatic carbocycles. The molecule has 0 atom stereocenters. The predicted molar refractivity (Wildman–Crippen MR) is 61.8 cm³/mol. The van der Waals surface area contributed by atoms with Crippen molar-refractivity contribution in [3.63, 3.8) is 0 Å². The lowest BCUT2D eigenvalue weighted by Gasteiger charge is -2.14. The number of rotatable bonds is 1. The van der Waals surface area contributed by atoms with Crippen LogP contribution in [0.4, 0.5) is 13.2 Å². The van der Waals surface area contributed by atoms with Crippen molar-refractivity contribution in [2.24, 2.45) is 0 Å². The van der Waals surface area contributed by atoms with E-state index in [1.807, 2.05) is 0 Å². The third kappa shape index (κ3) is 2.30. The molecule has 1 aromatic carbocycles. The molecule has 0 amide bonds. The highest BCUT2D eigenvalue weighted by molar-refractivity contribution is 5.43. The Morgan fingerprint density at radius 1 is 1.06 bits per heavy atom. The fourth-order valence-corrected chi connectivity index (χ4v) is 1.71. The summed E-state index contributed by atoms with van der Waals surface area (Å²) >= 11 is 0. The van der Waals surface area contributed by atoms with Crippen LogP contribution in [0.1, 0.15) is 11.1 Å². The van der Waals surface area contributed by atoms with Gasteiger partial charge in [0.15, 0.2) is 0 Å². The van der Waals surface area contributed by atoms with E-state index in [2.05, 4.69) is 0 Å². The number of halogens is 3. The average Bonchev–Trinajstić information content (AvgIpc) is 2.31. The molecule has 5 heteroatoms. The van der Waals surface area contributed by atoms with E-state index in [0.717, 1.165) is 10.6 Å². The van der Waals surface area contributed by atoms with Crippen LogP contribution in [0, 0.1) is 6.92 Å². The Labute approximate surface area is 101 Å². The topological polar surface area (TPSA) is 22.0 Å². The number of pyridine rings is 1. The molecule has 0 saturated heterocycles. The van der Waals surface area contributed by atoms with Crippen LogP contribution in [0.3, 0.4) is 0 Å². The first-order valence-electron chi connectivity index (χ1n) is 5.25. The Balaban J connectivity index is 2.72. The van der Waals surface area contributed by atoms with Gasteiger partial charge >= 0.3 is 6.18 Å². The van der Waals surface area contributed by atoms with E-state index in [4.69, 9.17) is 0 Å². The largest absolute Gasteiger partial charge is 0.418 e. The number of benzene rings is 1. The van der Waals surface area contributed by atoms with Crippen molar-refractivity contribution in [2.45, 2.75) is 13.1 Å². The second-order valence-electron chi connectivity index (χ2n) is 3.93. The summed E-state index contributed by atoms with van der Waals surface area (Å²) in [5.41, 5.74) is -0.750. The van der Waals surface area contributed by atoms with Crippen LogP contribution in [0.2, 0.25) is 0 Å². The highest BCUT2D eigenvalue weighted by Crippen LogP contribution is 2.33. The molecule has 0 aliphatic heterocycles. The van der Waals surface area contributed by atoms with Gasteiger partial charge in [0.05, 0.1) is 11.3 Å². The zero-order chi connectivity index (χ0) is 13.3. The fourth-order valence-electron chi connectivity index (χ4n) is 1.71. The van der Waals surface area contributed by atoms with Gasteiger partial charge in [-0.1, -0.05) is 18.2 Å². The Kier molecular flexibility index (Phi) is 2.98. The predicted octanol–water partition coefficient (Wildman–Crippen LogP) is 3.16. The van der Waals surface area contributed by atoms with E-state index in [9.17, 15) is 18.0 Å². The number of alkyl halides is 3. The molecule has 0 fully saturated rings. The van der Waals surface area contributed by atoms with E-state index in [-0.39, 0.29) is 5.69 Å². The quantitative estimate of drug-likeness (QED) is 0.765. The van der Waals surface area contributed by atoms with Crippen molar-refractivity contribution in [2.75, 3.05) is 0 Å². The molecular weight excluding hydrogens is 243 g/mol. The maximum atomic E-state index is 12.9. The Bertz CT molecular complexity index is 629. The third-order valence-corrected chi connectivity index (χ3v) is 2.53. The summed E-state index contributed by atoms with van der Waals surface area (Å²) in [4.78, 5) is 11.6. The smallest absolute Gasteiger partial charge is 0.283 e. The summed E-state index contributed by atoms with van der Waals surface area (Å²) in [5, 5.41) is 0. The molecule has 2 aromatic rings. The molecule has 2 nitrogen and oxygen atoms in total. The van der Waals surface area contributed by atoms with Gasteiger partial charge in [-0.15, -0.1) is 0 Å². The molecule has 1 heterocycles. The first kappa shape index (κ1) is 12.4. The summed E-state index contributed by atoms with van der Waals surface area (Å²) in [6.45, 7) is 1.71. The minimum absolute atomic E-state index is 0.154. The maximum Gasteiger partial charge on any atom is 0.418 e. The standard InChI is InChI=1S/C13H10F3NO/c1-9-6-7-12(18)17(8-9)11-5-3-2-4-10(11)13(14,15)16/h2-8H,1H3. The van der Waals surface area contributed by atoms with E-state index < -0.39 is 17.3 Å². The van der Waals surface area contributed by atoms with E-state index in [1.165, 1.54) is 30.5 Å². The molecule has 0 unspecified atom stereocenters. The summed E-state index contributed by atoms with van der Waals surface area (Å²) in [6.07, 6.45) is -3.09. The van der Waals surface area contributed by atoms with Crippen LogP contribution >= 0.6 is 0 Å². The normalized spacial score (nSPS) is 11.6. The van der Waals surface area contributed by atoms with Crippen molar-refractivity contribution < 1.29 is 13.2 Å². The first-order chi connectivity index (χ1) is 8.39. The number of nitrogens with zero attached hydrogens (tertiary/aromatic N) is 1. The van der Waals surface area contributed by atoms with Crippen molar-refractivity contribution in [1.82, 2.24) is 4.57 Å². The Hall–Kier alpha value is -2.04. The minimum atomic E-state index is -4.49. The molecule has 0 bridgehead atoms. The van der Waals surface area contributed by atoms with Crippen LogP contribution < -0.4 is 5.56 Å². The highest BCUT2D eigenvalue weighted by Gasteiger charge is 2.33. The molecule has 0 aliphatic rings. The third-order valence-electron chi connectivity index (χ3n) is 2.53. The van der Waals surface area contributed by atoms with Crippen molar-refractivity contribution in [3.05, 3.63) is 64.1 Å². The lowest BCUT2D eigenvalue weighted by Crippen LogP contribution is -2.20. The SMILES string of the molecule is Cc1ccc(=O)n(-c2ccccc2C(F)(F)F)c1. The van der Waals surface area contributed by atoms with E-state index in [1.54, 1.807) is 13.0 Å². The van der Waals surface area contributed by atoms with Crippen LogP contribution in [0.15, 0.2) is 47.4 Å². The van der Waals surface area contributed by atoms with Crippen LogP contribution in [0.25, 0.3) is 5.69 Å². The van der Waals surface area contributed by atoms with Crippen LogP contribution in [-0.4, -0.2) is 4.57 Å². The van der Waals surface area contributed by atoms with Gasteiger partial charge in [-0.2, -0.15) is 13.2 Å². The van der Waals surface area contributed by atoms with Gasteiger partial charge in [0.2, 0.25) is 0 Å². The van der Waals surface area contributed by atoms with Gasteiger partial charge in [0.1, 0.15) is 0 Å². The summed E-state index contributed by atoms with van der Waals surface area (Å²) in [6, 6.07) is 7.83. The molecule has 2 rings (SSSR count). The molecule has 0 N–H and O–H groups in total. The summed E-state index contributed by atoms with van der Waals surface area (Å²) < 4.78 is 39.6. The monoisotopic (exact) mass is 253 g/mol. The summed E-state index contributed by atoms with van der Waals surface area (Å²) in [5.74, 6) is 0. The van der Waals surface area contributed by atoms with Gasteiger partial charge in [0, 0.05) is 12.3 Å². The van der Waals surface area contributed by atoms with Crippen LogP contribution in [0.5, 0.6) is 0 Å². The first-order valence-corrected chi connectivity index (χ1v) is 5.25. The number of hydrogen-bond donors (Lipinski definition) is 0. The molecule has 94 valence electrons. The Morgan fingerprint density at radius 3 is 2.39 bits per heavy atom. The van der Waals surface area contributed by atoms with Gasteiger partial charge in [0.25, 0.3) is 5.56 Å². The van der Waals surface area contributed by atoms with Gasteiger partial charge < -0.3 is 0 Å². The second-order valence-corrected chi connectivity index (χ2v) is 3.93. The maximum absolute atomic E-state index is 12.9. The summed E-state index contributed by atoms with van der Waals surface area (Å²) in [7, 11) is 0. The number of aromatic nitrogens is 1. The van der Waals surface area contributed by atoms with Crippen molar-refractivity contribution in [3.8, 4) is 5.69 Å². The van der Waals surface area contributed by atoms with Crippen molar-refractivity contribution in [1.29, 1.82) is 0 Å². The number of para-hydroxylation sites is 1. The Morgan fingerprint density at radius 2 is 1.72 bits per heavy atom. The van der Waals surface area contributed by atoms with Gasteiger partial charge in [-0.3, -0.25) is 9.36 Å². The lowest BCUT2D eigenvalue weighted by atomic mass is 10.1. The van der Waals surface area contributed by atoms with Gasteiger partial charge in [-0.25, -0.2) is 0 Å². The molecule has 0 radical (unpaired) electrons. The minimum Gasteiger partial charge on any atom is -0.283 e. The van der Waals surface area contributed by atoms with Crippen LogP contribution in [-0.2, 0) is 6.18 Å². The molecular formula is C13H10F3NO. The second kappa shape index (κ2) is 4.33. The zero-order valence-electron chi connectivity index (χ0n) is 9.53. The number of hydrogen-bond acceptors (Lipinski definition) is 1. The fraction of sp³-hybridized carbons (Fsp3) is 0.154. The average molecular weight is 253 g/mol. The van der Waals surface area contributed by atoms with Gasteiger partial charge in [-0.05, 0) is 24.6 Å². The van der Waals surface area contributed by atoms with E-state index in [0.29, 0.717) is 5.56 Å². The molecule has 0 spiro atoms. The molecule has 18 heavy (non-hydrogen) atoms. The lowest BCUT2D eigenvalue weighted by molar-refractivity contribution is -0.137. The molecule has 1 aromatic heterocycles. The number of aryl methyl sites for hydroxylation is 1.